The molecule has 1 saturated heterocycles. The van der Waals surface area contributed by atoms with Crippen molar-refractivity contribution >= 4 is 61.4 Å². The largest absolute Gasteiger partial charge is 0.465 e. The number of fused-ring (bicyclic) bond motifs is 1. The predicted molar refractivity (Wildman–Crippen MR) is 134 cm³/mol. The number of benzene rings is 1. The third-order valence-corrected chi connectivity index (χ3v) is 9.89. The lowest BCUT2D eigenvalue weighted by Crippen LogP contribution is -2.44. The average molecular weight is 546 g/mol. The number of piperidine rings is 1. The number of nitrogens with one attached hydrogen (secondary N) is 1. The Balaban J connectivity index is 1.49. The fraction of sp³-hybridized carbons (Fsp3) is 0.478. The van der Waals surface area contributed by atoms with Crippen molar-refractivity contribution in [2.45, 2.75) is 44.3 Å². The Morgan fingerprint density at radius 2 is 1.97 bits per heavy atom. The first-order valence-electron chi connectivity index (χ1n) is 11.1. The normalized spacial score (nSPS) is 18.9. The Kier molecular flexibility index (Phi) is 7.89. The second-order valence-electron chi connectivity index (χ2n) is 8.58. The molecule has 2 aromatic rings. The molecule has 0 bridgehead atoms. The number of anilines is 1. The summed E-state index contributed by atoms with van der Waals surface area (Å²) in [5.41, 5.74) is 1.86. The van der Waals surface area contributed by atoms with E-state index in [1.165, 1.54) is 28.8 Å². The van der Waals surface area contributed by atoms with Gasteiger partial charge in [0.1, 0.15) is 5.00 Å². The minimum Gasteiger partial charge on any atom is -0.465 e. The summed E-state index contributed by atoms with van der Waals surface area (Å²) >= 11 is 13.5. The number of ether oxygens (including phenoxy) is 1. The van der Waals surface area contributed by atoms with Crippen LogP contribution in [-0.2, 0) is 38.1 Å². The van der Waals surface area contributed by atoms with Crippen LogP contribution >= 0.6 is 34.5 Å². The van der Waals surface area contributed by atoms with Gasteiger partial charge in [-0.2, -0.15) is 0 Å². The number of aryl methyl sites for hydroxylation is 1. The molecule has 1 aliphatic heterocycles. The minimum atomic E-state index is -3.68. The maximum Gasteiger partial charge on any atom is 0.341 e. The molecule has 0 radical (unpaired) electrons. The second-order valence-corrected chi connectivity index (χ2v) is 12.5. The molecule has 1 aliphatic carbocycles. The van der Waals surface area contributed by atoms with Gasteiger partial charge in [0.2, 0.25) is 15.9 Å². The maximum atomic E-state index is 13.2. The Hall–Kier alpha value is -1.65. The highest BCUT2D eigenvalue weighted by Gasteiger charge is 2.34. The number of halogens is 2. The van der Waals surface area contributed by atoms with Crippen LogP contribution in [0.2, 0.25) is 10.0 Å². The number of carbonyl (C=O) groups is 2. The van der Waals surface area contributed by atoms with Gasteiger partial charge >= 0.3 is 5.97 Å². The predicted octanol–water partition coefficient (Wildman–Crippen LogP) is 4.90. The van der Waals surface area contributed by atoms with Gasteiger partial charge in [-0.3, -0.25) is 4.79 Å². The molecule has 0 unspecified atom stereocenters. The summed E-state index contributed by atoms with van der Waals surface area (Å²) < 4.78 is 32.5. The van der Waals surface area contributed by atoms with Gasteiger partial charge in [-0.15, -0.1) is 11.3 Å². The van der Waals surface area contributed by atoms with E-state index in [0.29, 0.717) is 45.6 Å². The molecule has 1 aromatic heterocycles. The first-order chi connectivity index (χ1) is 16.2. The molecule has 0 spiro atoms. The lowest BCUT2D eigenvalue weighted by molar-refractivity contribution is -0.120. The summed E-state index contributed by atoms with van der Waals surface area (Å²) in [6.45, 7) is 0.427. The molecule has 1 amide bonds. The van der Waals surface area contributed by atoms with Crippen LogP contribution in [-0.4, -0.2) is 44.8 Å². The van der Waals surface area contributed by atoms with E-state index in [1.54, 1.807) is 12.1 Å². The van der Waals surface area contributed by atoms with E-state index < -0.39 is 21.9 Å². The number of sulfonamides is 1. The van der Waals surface area contributed by atoms with E-state index in [0.717, 1.165) is 36.1 Å². The number of methoxy groups -OCH3 is 1. The van der Waals surface area contributed by atoms with Crippen LogP contribution in [0.4, 0.5) is 5.00 Å². The van der Waals surface area contributed by atoms with E-state index in [2.05, 4.69) is 5.32 Å². The number of carbonyl (C=O) groups excluding carboxylic acids is 2. The molecule has 4 rings (SSSR count). The van der Waals surface area contributed by atoms with Gasteiger partial charge in [0.25, 0.3) is 0 Å². The topological polar surface area (TPSA) is 92.8 Å². The third-order valence-electron chi connectivity index (χ3n) is 6.30. The van der Waals surface area contributed by atoms with Gasteiger partial charge in [-0.25, -0.2) is 17.5 Å². The Bertz CT molecular complexity index is 1210. The monoisotopic (exact) mass is 544 g/mol. The summed E-state index contributed by atoms with van der Waals surface area (Å²) in [6, 6.07) is 4.72. The molecule has 7 nitrogen and oxygen atoms in total. The maximum absolute atomic E-state index is 13.2. The Morgan fingerprint density at radius 1 is 1.21 bits per heavy atom. The summed E-state index contributed by atoms with van der Waals surface area (Å²) in [6.07, 6.45) is 4.84. The number of nitrogens with zero attached hydrogens (tertiary/aromatic N) is 1. The van der Waals surface area contributed by atoms with Crippen LogP contribution in [0.5, 0.6) is 0 Å². The second kappa shape index (κ2) is 10.5. The highest BCUT2D eigenvalue weighted by Crippen LogP contribution is 2.39. The Labute approximate surface area is 213 Å². The van der Waals surface area contributed by atoms with Gasteiger partial charge < -0.3 is 10.1 Å². The molecule has 1 aromatic carbocycles. The van der Waals surface area contributed by atoms with Gasteiger partial charge in [-0.05, 0) is 61.8 Å². The molecular formula is C23H26Cl2N2O5S2. The van der Waals surface area contributed by atoms with Crippen molar-refractivity contribution in [2.75, 3.05) is 25.5 Å². The lowest BCUT2D eigenvalue weighted by atomic mass is 9.95. The number of thiophene rings is 1. The zero-order valence-electron chi connectivity index (χ0n) is 18.7. The Morgan fingerprint density at radius 3 is 2.71 bits per heavy atom. The minimum absolute atomic E-state index is 0.0814. The molecule has 184 valence electrons. The van der Waals surface area contributed by atoms with E-state index in [1.807, 2.05) is 0 Å². The first kappa shape index (κ1) is 25.4. The SMILES string of the molecule is COC(=O)c1c(NC(=O)[C@@H]2CCCN(S(=O)(=O)Cc3ccc(Cl)cc3Cl)C2)sc2c1CCCC2. The number of hydrogen-bond donors (Lipinski definition) is 1. The van der Waals surface area contributed by atoms with Crippen LogP contribution in [0.15, 0.2) is 18.2 Å². The summed E-state index contributed by atoms with van der Waals surface area (Å²) in [4.78, 5) is 26.7. The van der Waals surface area contributed by atoms with E-state index in [9.17, 15) is 18.0 Å². The van der Waals surface area contributed by atoms with Crippen LogP contribution in [0.25, 0.3) is 0 Å². The van der Waals surface area contributed by atoms with Crippen molar-refractivity contribution < 1.29 is 22.7 Å². The van der Waals surface area contributed by atoms with Gasteiger partial charge in [0.15, 0.2) is 0 Å². The van der Waals surface area contributed by atoms with Gasteiger partial charge in [0.05, 0.1) is 24.3 Å². The molecule has 11 heteroatoms. The van der Waals surface area contributed by atoms with Crippen molar-refractivity contribution in [3.05, 3.63) is 49.8 Å². The van der Waals surface area contributed by atoms with Crippen molar-refractivity contribution in [1.82, 2.24) is 4.31 Å². The van der Waals surface area contributed by atoms with Crippen molar-refractivity contribution in [2.24, 2.45) is 5.92 Å². The summed E-state index contributed by atoms with van der Waals surface area (Å²) in [7, 11) is -2.35. The third kappa shape index (κ3) is 5.44. The first-order valence-corrected chi connectivity index (χ1v) is 14.3. The van der Waals surface area contributed by atoms with E-state index >= 15 is 0 Å². The molecule has 0 saturated carbocycles. The molecule has 1 fully saturated rings. The standard InChI is InChI=1S/C23H26Cl2N2O5S2/c1-32-23(29)20-17-6-2-3-7-19(17)33-22(20)26-21(28)14-5-4-10-27(12-14)34(30,31)13-15-8-9-16(24)11-18(15)25/h8-9,11,14H,2-7,10,12-13H2,1H3,(H,26,28)/t14-/m1/s1. The molecule has 34 heavy (non-hydrogen) atoms. The highest BCUT2D eigenvalue weighted by molar-refractivity contribution is 7.88. The molecule has 2 aliphatic rings. The number of esters is 1. The van der Waals surface area contributed by atoms with Crippen molar-refractivity contribution in [1.29, 1.82) is 0 Å². The lowest BCUT2D eigenvalue weighted by Gasteiger charge is -2.31. The average Bonchev–Trinajstić information content (AvgIpc) is 3.18. The molecule has 1 N–H and O–H groups in total. The van der Waals surface area contributed by atoms with Crippen molar-refractivity contribution in [3.8, 4) is 0 Å². The summed E-state index contributed by atoms with van der Waals surface area (Å²) in [5, 5.41) is 4.13. The zero-order valence-corrected chi connectivity index (χ0v) is 21.9. The van der Waals surface area contributed by atoms with Crippen LogP contribution in [0.1, 0.15) is 52.0 Å². The number of rotatable bonds is 6. The number of amides is 1. The van der Waals surface area contributed by atoms with Crippen LogP contribution in [0, 0.1) is 5.92 Å². The fourth-order valence-corrected chi connectivity index (χ4v) is 8.00. The molecule has 1 atom stereocenters. The zero-order chi connectivity index (χ0) is 24.5. The fourth-order valence-electron chi connectivity index (χ4n) is 4.52. The van der Waals surface area contributed by atoms with Crippen LogP contribution < -0.4 is 5.32 Å². The quantitative estimate of drug-likeness (QED) is 0.522. The van der Waals surface area contributed by atoms with Crippen LogP contribution in [0.3, 0.4) is 0 Å². The molecule has 2 heterocycles. The van der Waals surface area contributed by atoms with Gasteiger partial charge in [0, 0.05) is 28.0 Å². The van der Waals surface area contributed by atoms with Crippen molar-refractivity contribution in [3.63, 3.8) is 0 Å². The smallest absolute Gasteiger partial charge is 0.341 e. The van der Waals surface area contributed by atoms with E-state index in [4.69, 9.17) is 27.9 Å². The van der Waals surface area contributed by atoms with Gasteiger partial charge in [-0.1, -0.05) is 29.3 Å². The number of hydrogen-bond acceptors (Lipinski definition) is 6. The van der Waals surface area contributed by atoms with E-state index in [-0.39, 0.29) is 18.2 Å². The summed E-state index contributed by atoms with van der Waals surface area (Å²) in [5.74, 6) is -1.52. The highest BCUT2D eigenvalue weighted by atomic mass is 35.5. The molecular weight excluding hydrogens is 519 g/mol.